The molecule has 0 radical (unpaired) electrons. The van der Waals surface area contributed by atoms with Crippen LogP contribution in [0.1, 0.15) is 37.6 Å². The molecular formula is C16H22ClN3. The lowest BCUT2D eigenvalue weighted by molar-refractivity contribution is 0.405. The number of hydrogen-bond donors (Lipinski definition) is 1. The van der Waals surface area contributed by atoms with Crippen LogP contribution in [0.25, 0.3) is 5.69 Å². The molecule has 108 valence electrons. The fraction of sp³-hybridized carbons (Fsp3) is 0.438. The molecule has 0 fully saturated rings. The van der Waals surface area contributed by atoms with Crippen molar-refractivity contribution in [1.29, 1.82) is 0 Å². The first kappa shape index (κ1) is 14.9. The Morgan fingerprint density at radius 3 is 2.45 bits per heavy atom. The molecule has 1 heterocycles. The summed E-state index contributed by atoms with van der Waals surface area (Å²) in [5, 5.41) is 5.18. The zero-order chi connectivity index (χ0) is 15.1. The van der Waals surface area contributed by atoms with Gasteiger partial charge in [-0.1, -0.05) is 50.1 Å². The van der Waals surface area contributed by atoms with Crippen molar-refractivity contribution < 1.29 is 0 Å². The number of nitrogen functional groups attached to an aromatic ring is 1. The Morgan fingerprint density at radius 1 is 1.25 bits per heavy atom. The lowest BCUT2D eigenvalue weighted by Gasteiger charge is -2.16. The fourth-order valence-electron chi connectivity index (χ4n) is 2.30. The van der Waals surface area contributed by atoms with Crippen molar-refractivity contribution in [3.05, 3.63) is 40.0 Å². The summed E-state index contributed by atoms with van der Waals surface area (Å²) in [6.45, 7) is 10.6. The first-order valence-corrected chi connectivity index (χ1v) is 7.17. The summed E-state index contributed by atoms with van der Waals surface area (Å²) in [6, 6.07) is 6.21. The molecule has 0 spiro atoms. The fourth-order valence-corrected chi connectivity index (χ4v) is 2.49. The normalized spacial score (nSPS) is 11.9. The van der Waals surface area contributed by atoms with Crippen LogP contribution < -0.4 is 5.73 Å². The minimum atomic E-state index is 0.123. The predicted octanol–water partition coefficient (Wildman–Crippen LogP) is 4.31. The van der Waals surface area contributed by atoms with E-state index in [9.17, 15) is 0 Å². The van der Waals surface area contributed by atoms with Crippen molar-refractivity contribution in [1.82, 2.24) is 9.78 Å². The number of nitrogens with two attached hydrogens (primary N) is 1. The van der Waals surface area contributed by atoms with Gasteiger partial charge in [0.25, 0.3) is 0 Å². The molecule has 3 nitrogen and oxygen atoms in total. The molecule has 0 amide bonds. The van der Waals surface area contributed by atoms with Gasteiger partial charge in [0.15, 0.2) is 0 Å². The Labute approximate surface area is 125 Å². The maximum atomic E-state index is 6.35. The average molecular weight is 292 g/mol. The highest BCUT2D eigenvalue weighted by Crippen LogP contribution is 2.31. The number of benzene rings is 1. The third-order valence-corrected chi connectivity index (χ3v) is 3.62. The van der Waals surface area contributed by atoms with Gasteiger partial charge in [0.05, 0.1) is 11.4 Å². The number of halogens is 1. The highest BCUT2D eigenvalue weighted by molar-refractivity contribution is 6.33. The molecule has 1 aromatic heterocycles. The molecule has 0 unspecified atom stereocenters. The Hall–Kier alpha value is -1.48. The Bertz CT molecular complexity index is 636. The minimum Gasteiger partial charge on any atom is -0.382 e. The maximum Gasteiger partial charge on any atom is 0.146 e. The highest BCUT2D eigenvalue weighted by atomic mass is 35.5. The number of aryl methyl sites for hydroxylation is 2. The van der Waals surface area contributed by atoms with E-state index in [0.29, 0.717) is 10.8 Å². The molecule has 2 aromatic rings. The van der Waals surface area contributed by atoms with Crippen LogP contribution in [0.15, 0.2) is 18.2 Å². The lowest BCUT2D eigenvalue weighted by atomic mass is 9.91. The third-order valence-electron chi connectivity index (χ3n) is 3.21. The number of hydrogen-bond acceptors (Lipinski definition) is 2. The molecule has 2 rings (SSSR count). The first-order valence-electron chi connectivity index (χ1n) is 6.79. The summed E-state index contributed by atoms with van der Waals surface area (Å²) in [6.07, 6.45) is 0.800. The van der Waals surface area contributed by atoms with Crippen molar-refractivity contribution in [3.8, 4) is 5.69 Å². The van der Waals surface area contributed by atoms with Crippen LogP contribution in [-0.2, 0) is 6.42 Å². The van der Waals surface area contributed by atoms with Gasteiger partial charge in [-0.2, -0.15) is 5.10 Å². The summed E-state index contributed by atoms with van der Waals surface area (Å²) in [7, 11) is 0. The summed E-state index contributed by atoms with van der Waals surface area (Å²) in [5.41, 5.74) is 10.4. The summed E-state index contributed by atoms with van der Waals surface area (Å²) < 4.78 is 1.75. The zero-order valence-electron chi connectivity index (χ0n) is 12.8. The molecule has 0 aliphatic heterocycles. The van der Waals surface area contributed by atoms with Gasteiger partial charge in [-0.05, 0) is 37.3 Å². The largest absolute Gasteiger partial charge is 0.382 e. The van der Waals surface area contributed by atoms with Crippen molar-refractivity contribution in [2.45, 2.75) is 41.0 Å². The smallest absolute Gasteiger partial charge is 0.146 e. The third kappa shape index (κ3) is 2.98. The van der Waals surface area contributed by atoms with Gasteiger partial charge < -0.3 is 5.73 Å². The van der Waals surface area contributed by atoms with E-state index < -0.39 is 0 Å². The predicted molar refractivity (Wildman–Crippen MR) is 85.6 cm³/mol. The first-order chi connectivity index (χ1) is 9.19. The molecule has 4 heteroatoms. The molecule has 2 N–H and O–H groups in total. The number of aromatic nitrogens is 2. The van der Waals surface area contributed by atoms with Crippen molar-refractivity contribution >= 4 is 17.4 Å². The number of rotatable bonds is 2. The topological polar surface area (TPSA) is 43.8 Å². The Balaban J connectivity index is 2.50. The van der Waals surface area contributed by atoms with Crippen molar-refractivity contribution in [3.63, 3.8) is 0 Å². The van der Waals surface area contributed by atoms with Crippen LogP contribution >= 0.6 is 11.6 Å². The van der Waals surface area contributed by atoms with Crippen LogP contribution in [0.4, 0.5) is 5.82 Å². The van der Waals surface area contributed by atoms with E-state index >= 15 is 0 Å². The van der Waals surface area contributed by atoms with Crippen LogP contribution in [0, 0.1) is 19.3 Å². The molecule has 20 heavy (non-hydrogen) atoms. The standard InChI is InChI=1S/C16H22ClN3/c1-10-6-7-13(11(2)8-10)20-15(18)14(17)12(19-20)9-16(3,4)5/h6-8H,9,18H2,1-5H3. The SMILES string of the molecule is Cc1ccc(-n2nc(CC(C)(C)C)c(Cl)c2N)c(C)c1. The molecule has 0 atom stereocenters. The Kier molecular flexibility index (Phi) is 3.83. The molecule has 0 bridgehead atoms. The van der Waals surface area contributed by atoms with Crippen LogP contribution in [0.3, 0.4) is 0 Å². The van der Waals surface area contributed by atoms with Crippen LogP contribution in [-0.4, -0.2) is 9.78 Å². The molecule has 0 saturated heterocycles. The van der Waals surface area contributed by atoms with Gasteiger partial charge in [-0.3, -0.25) is 0 Å². The van der Waals surface area contributed by atoms with E-state index in [1.54, 1.807) is 4.68 Å². The van der Waals surface area contributed by atoms with E-state index in [0.717, 1.165) is 23.4 Å². The van der Waals surface area contributed by atoms with E-state index in [-0.39, 0.29) is 5.41 Å². The van der Waals surface area contributed by atoms with Crippen molar-refractivity contribution in [2.24, 2.45) is 5.41 Å². The molecule has 0 saturated carbocycles. The summed E-state index contributed by atoms with van der Waals surface area (Å²) in [4.78, 5) is 0. The monoisotopic (exact) mass is 291 g/mol. The second-order valence-electron chi connectivity index (χ2n) is 6.59. The van der Waals surface area contributed by atoms with Crippen LogP contribution in [0.2, 0.25) is 5.02 Å². The zero-order valence-corrected chi connectivity index (χ0v) is 13.5. The van der Waals surface area contributed by atoms with Crippen LogP contribution in [0.5, 0.6) is 0 Å². The van der Waals surface area contributed by atoms with Gasteiger partial charge in [0, 0.05) is 0 Å². The molecule has 0 aliphatic rings. The summed E-state index contributed by atoms with van der Waals surface area (Å²) >= 11 is 6.35. The molecule has 0 aliphatic carbocycles. The lowest BCUT2D eigenvalue weighted by Crippen LogP contribution is -2.10. The molecular weight excluding hydrogens is 270 g/mol. The minimum absolute atomic E-state index is 0.123. The maximum absolute atomic E-state index is 6.35. The number of nitrogens with zero attached hydrogens (tertiary/aromatic N) is 2. The van der Waals surface area contributed by atoms with Gasteiger partial charge in [-0.15, -0.1) is 0 Å². The Morgan fingerprint density at radius 2 is 1.90 bits per heavy atom. The van der Waals surface area contributed by atoms with Gasteiger partial charge in [0.2, 0.25) is 0 Å². The van der Waals surface area contributed by atoms with E-state index in [1.807, 2.05) is 6.07 Å². The van der Waals surface area contributed by atoms with Gasteiger partial charge in [0.1, 0.15) is 10.8 Å². The highest BCUT2D eigenvalue weighted by Gasteiger charge is 2.21. The molecule has 1 aromatic carbocycles. The second-order valence-corrected chi connectivity index (χ2v) is 6.96. The van der Waals surface area contributed by atoms with E-state index in [2.05, 4.69) is 51.9 Å². The van der Waals surface area contributed by atoms with E-state index in [4.69, 9.17) is 17.3 Å². The number of anilines is 1. The second kappa shape index (κ2) is 5.13. The van der Waals surface area contributed by atoms with E-state index in [1.165, 1.54) is 5.56 Å². The van der Waals surface area contributed by atoms with Crippen molar-refractivity contribution in [2.75, 3.05) is 5.73 Å². The summed E-state index contributed by atoms with van der Waals surface area (Å²) in [5.74, 6) is 0.512. The van der Waals surface area contributed by atoms with Gasteiger partial charge in [-0.25, -0.2) is 4.68 Å². The van der Waals surface area contributed by atoms with Gasteiger partial charge >= 0.3 is 0 Å². The quantitative estimate of drug-likeness (QED) is 0.896. The average Bonchev–Trinajstić information content (AvgIpc) is 2.56.